The molecule has 4 rings (SSSR count). The third-order valence-corrected chi connectivity index (χ3v) is 4.09. The van der Waals surface area contributed by atoms with Gasteiger partial charge in [0.2, 0.25) is 5.95 Å². The van der Waals surface area contributed by atoms with E-state index in [9.17, 15) is 0 Å². The van der Waals surface area contributed by atoms with Crippen LogP contribution in [0.15, 0.2) is 46.9 Å². The van der Waals surface area contributed by atoms with E-state index >= 15 is 0 Å². The summed E-state index contributed by atoms with van der Waals surface area (Å²) in [5, 5.41) is 3.17. The molecule has 7 nitrogen and oxygen atoms in total. The van der Waals surface area contributed by atoms with E-state index < -0.39 is 0 Å². The summed E-state index contributed by atoms with van der Waals surface area (Å²) in [6, 6.07) is 14.6. The van der Waals surface area contributed by atoms with Gasteiger partial charge in [-0.2, -0.15) is 14.6 Å². The van der Waals surface area contributed by atoms with Gasteiger partial charge >= 0.3 is 12.2 Å². The largest absolute Gasteiger partial charge is 0.423 e. The van der Waals surface area contributed by atoms with Gasteiger partial charge in [-0.25, -0.2) is 4.98 Å². The smallest absolute Gasteiger partial charge is 0.373 e. The number of nitrogens with one attached hydrogen (secondary N) is 1. The first-order valence-electron chi connectivity index (χ1n) is 8.11. The number of aromatic nitrogens is 3. The van der Waals surface area contributed by atoms with Crippen LogP contribution in [0.4, 0.5) is 12.0 Å². The van der Waals surface area contributed by atoms with Gasteiger partial charge in [-0.1, -0.05) is 32.0 Å². The fourth-order valence-electron chi connectivity index (χ4n) is 2.71. The van der Waals surface area contributed by atoms with E-state index in [0.29, 0.717) is 17.9 Å². The molecule has 0 saturated heterocycles. The molecule has 4 aromatic rings. The minimum atomic E-state index is 0.250. The lowest BCUT2D eigenvalue weighted by atomic mass is 10.0. The highest BCUT2D eigenvalue weighted by atomic mass is 16.4. The number of rotatable bonds is 3. The number of nitrogens with zero attached hydrogens (tertiary/aromatic N) is 3. The molecule has 2 heterocycles. The molecule has 0 radical (unpaired) electrons. The lowest BCUT2D eigenvalue weighted by Gasteiger charge is -2.02. The SMILES string of the molecule is CC(C)c1ccc2nc(Nc3nc4ccccc4n3C)oc2c1.O=C=O. The molecule has 0 aliphatic rings. The topological polar surface area (TPSA) is 90.0 Å². The molecule has 0 aliphatic carbocycles. The highest BCUT2D eigenvalue weighted by molar-refractivity contribution is 5.80. The van der Waals surface area contributed by atoms with E-state index in [0.717, 1.165) is 22.1 Å². The molecule has 2 aromatic carbocycles. The van der Waals surface area contributed by atoms with Gasteiger partial charge in [-0.3, -0.25) is 5.32 Å². The maximum Gasteiger partial charge on any atom is 0.373 e. The van der Waals surface area contributed by atoms with Gasteiger partial charge in [0.05, 0.1) is 11.0 Å². The summed E-state index contributed by atoms with van der Waals surface area (Å²) in [6.45, 7) is 4.33. The van der Waals surface area contributed by atoms with Crippen molar-refractivity contribution in [2.24, 2.45) is 7.05 Å². The maximum atomic E-state index is 8.12. The number of aryl methyl sites for hydroxylation is 1. The van der Waals surface area contributed by atoms with Crippen molar-refractivity contribution < 1.29 is 14.0 Å². The lowest BCUT2D eigenvalue weighted by molar-refractivity contribution is -0.191. The van der Waals surface area contributed by atoms with Crippen LogP contribution < -0.4 is 5.32 Å². The van der Waals surface area contributed by atoms with Gasteiger partial charge in [0.1, 0.15) is 5.52 Å². The van der Waals surface area contributed by atoms with Gasteiger partial charge in [0.25, 0.3) is 0 Å². The van der Waals surface area contributed by atoms with Crippen molar-refractivity contribution in [2.75, 3.05) is 5.32 Å². The van der Waals surface area contributed by atoms with Gasteiger partial charge in [0.15, 0.2) is 5.58 Å². The van der Waals surface area contributed by atoms with Crippen LogP contribution in [0.25, 0.3) is 22.1 Å². The molecule has 0 unspecified atom stereocenters. The Morgan fingerprint density at radius 3 is 2.50 bits per heavy atom. The molecule has 26 heavy (non-hydrogen) atoms. The summed E-state index contributed by atoms with van der Waals surface area (Å²) in [4.78, 5) is 25.3. The highest BCUT2D eigenvalue weighted by Crippen LogP contribution is 2.26. The van der Waals surface area contributed by atoms with Gasteiger partial charge < -0.3 is 8.98 Å². The second-order valence-electron chi connectivity index (χ2n) is 6.09. The minimum Gasteiger partial charge on any atom is -0.423 e. The van der Waals surface area contributed by atoms with Crippen LogP contribution in [-0.2, 0) is 16.6 Å². The fourth-order valence-corrected chi connectivity index (χ4v) is 2.71. The van der Waals surface area contributed by atoms with E-state index in [1.54, 1.807) is 0 Å². The average molecular weight is 350 g/mol. The van der Waals surface area contributed by atoms with Crippen LogP contribution >= 0.6 is 0 Å². The van der Waals surface area contributed by atoms with Crippen LogP contribution in [0, 0.1) is 0 Å². The van der Waals surface area contributed by atoms with Gasteiger partial charge in [-0.15, -0.1) is 0 Å². The summed E-state index contributed by atoms with van der Waals surface area (Å²) < 4.78 is 7.83. The second-order valence-corrected chi connectivity index (χ2v) is 6.09. The number of para-hydroxylation sites is 2. The predicted octanol–water partition coefficient (Wildman–Crippen LogP) is 4.00. The molecule has 0 aliphatic heterocycles. The molecule has 0 fully saturated rings. The molecule has 0 saturated carbocycles. The van der Waals surface area contributed by atoms with Crippen molar-refractivity contribution in [3.8, 4) is 0 Å². The maximum absolute atomic E-state index is 8.12. The minimum absolute atomic E-state index is 0.250. The first kappa shape index (κ1) is 17.4. The highest BCUT2D eigenvalue weighted by Gasteiger charge is 2.12. The molecule has 0 amide bonds. The third kappa shape index (κ3) is 3.34. The predicted molar refractivity (Wildman–Crippen MR) is 97.1 cm³/mol. The Balaban J connectivity index is 0.000000613. The summed E-state index contributed by atoms with van der Waals surface area (Å²) in [5.41, 5.74) is 4.87. The Labute approximate surface area is 149 Å². The van der Waals surface area contributed by atoms with Crippen LogP contribution in [0.1, 0.15) is 25.3 Å². The first-order chi connectivity index (χ1) is 12.5. The van der Waals surface area contributed by atoms with Crippen LogP contribution in [0.5, 0.6) is 0 Å². The second kappa shape index (κ2) is 7.21. The molecule has 1 N–H and O–H groups in total. The van der Waals surface area contributed by atoms with Crippen molar-refractivity contribution >= 4 is 40.2 Å². The zero-order valence-electron chi connectivity index (χ0n) is 14.7. The molecule has 2 aromatic heterocycles. The number of anilines is 2. The number of fused-ring (bicyclic) bond motifs is 2. The molecule has 0 bridgehead atoms. The molecular weight excluding hydrogens is 332 g/mol. The standard InChI is InChI=1S/C18H18N4O.CO2/c1-11(2)12-8-9-14-16(10-12)23-18(20-14)21-17-19-13-6-4-5-7-15(13)22(17)3;2-1-3/h4-11H,1-3H3,(H,19,20,21);. The molecule has 7 heteroatoms. The number of hydrogen-bond donors (Lipinski definition) is 1. The molecule has 132 valence electrons. The Bertz CT molecular complexity index is 1090. The third-order valence-electron chi connectivity index (χ3n) is 4.09. The lowest BCUT2D eigenvalue weighted by Crippen LogP contribution is -1.98. The molecule has 0 atom stereocenters. The first-order valence-corrected chi connectivity index (χ1v) is 8.11. The zero-order chi connectivity index (χ0) is 18.7. The number of carbonyl (C=O) groups excluding carboxylic acids is 2. The Kier molecular flexibility index (Phi) is 4.82. The van der Waals surface area contributed by atoms with Crippen molar-refractivity contribution in [1.82, 2.24) is 14.5 Å². The summed E-state index contributed by atoms with van der Waals surface area (Å²) in [5.74, 6) is 1.17. The van der Waals surface area contributed by atoms with E-state index in [4.69, 9.17) is 14.0 Å². The monoisotopic (exact) mass is 350 g/mol. The zero-order valence-corrected chi connectivity index (χ0v) is 14.7. The molecule has 0 spiro atoms. The van der Waals surface area contributed by atoms with E-state index in [2.05, 4.69) is 35.2 Å². The number of hydrogen-bond acceptors (Lipinski definition) is 6. The number of oxazole rings is 1. The van der Waals surface area contributed by atoms with Gasteiger partial charge in [-0.05, 0) is 35.7 Å². The fraction of sp³-hybridized carbons (Fsp3) is 0.211. The average Bonchev–Trinajstić information content (AvgIpc) is 3.16. The summed E-state index contributed by atoms with van der Waals surface area (Å²) >= 11 is 0. The molecular formula is C19H18N4O3. The normalized spacial score (nSPS) is 10.6. The van der Waals surface area contributed by atoms with Crippen LogP contribution in [0.2, 0.25) is 0 Å². The van der Waals surface area contributed by atoms with E-state index in [-0.39, 0.29) is 6.15 Å². The number of imidazole rings is 1. The Morgan fingerprint density at radius 1 is 1.08 bits per heavy atom. The van der Waals surface area contributed by atoms with Crippen molar-refractivity contribution in [1.29, 1.82) is 0 Å². The Morgan fingerprint density at radius 2 is 1.81 bits per heavy atom. The van der Waals surface area contributed by atoms with Crippen molar-refractivity contribution in [3.05, 3.63) is 48.0 Å². The summed E-state index contributed by atoms with van der Waals surface area (Å²) in [7, 11) is 1.97. The quantitative estimate of drug-likeness (QED) is 0.601. The van der Waals surface area contributed by atoms with Crippen LogP contribution in [-0.4, -0.2) is 20.7 Å². The van der Waals surface area contributed by atoms with Crippen molar-refractivity contribution in [2.45, 2.75) is 19.8 Å². The van der Waals surface area contributed by atoms with E-state index in [1.807, 2.05) is 48.0 Å². The number of benzene rings is 2. The van der Waals surface area contributed by atoms with Gasteiger partial charge in [0, 0.05) is 7.05 Å². The van der Waals surface area contributed by atoms with E-state index in [1.165, 1.54) is 5.56 Å². The van der Waals surface area contributed by atoms with Crippen molar-refractivity contribution in [3.63, 3.8) is 0 Å². The Hall–Kier alpha value is -3.44. The van der Waals surface area contributed by atoms with Crippen LogP contribution in [0.3, 0.4) is 0 Å². The summed E-state index contributed by atoms with van der Waals surface area (Å²) in [6.07, 6.45) is 0.250.